The fraction of sp³-hybridized carbons (Fsp3) is 0.200. The number of carbonyl (C=O) groups excluding carboxylic acids is 1. The number of halogens is 2. The van der Waals surface area contributed by atoms with Crippen LogP contribution in [0.15, 0.2) is 41.0 Å². The number of nitrogens with zero attached hydrogens (tertiary/aromatic N) is 1. The van der Waals surface area contributed by atoms with Gasteiger partial charge >= 0.3 is 0 Å². The van der Waals surface area contributed by atoms with E-state index in [1.54, 1.807) is 12.3 Å². The Bertz CT molecular complexity index is 613. The van der Waals surface area contributed by atoms with Crippen LogP contribution in [-0.2, 0) is 12.8 Å². The Balaban J connectivity index is 2.28. The summed E-state index contributed by atoms with van der Waals surface area (Å²) < 4.78 is 13.9. The monoisotopic (exact) mass is 321 g/mol. The van der Waals surface area contributed by atoms with Crippen LogP contribution in [0.2, 0.25) is 0 Å². The molecule has 19 heavy (non-hydrogen) atoms. The number of carbonyl (C=O) groups is 1. The maximum Gasteiger partial charge on any atom is 0.185 e. The molecule has 0 spiro atoms. The second-order valence-electron chi connectivity index (χ2n) is 4.20. The van der Waals surface area contributed by atoms with E-state index in [9.17, 15) is 9.18 Å². The van der Waals surface area contributed by atoms with Crippen LogP contribution in [0.1, 0.15) is 28.5 Å². The van der Waals surface area contributed by atoms with Crippen LogP contribution in [0.3, 0.4) is 0 Å². The number of benzene rings is 1. The molecule has 0 radical (unpaired) electrons. The largest absolute Gasteiger partial charge is 0.292 e. The fourth-order valence-corrected chi connectivity index (χ4v) is 2.30. The summed E-state index contributed by atoms with van der Waals surface area (Å²) in [5.74, 6) is -0.438. The van der Waals surface area contributed by atoms with E-state index >= 15 is 0 Å². The van der Waals surface area contributed by atoms with E-state index in [1.807, 2.05) is 19.1 Å². The first-order valence-corrected chi connectivity index (χ1v) is 6.82. The van der Waals surface area contributed by atoms with Gasteiger partial charge in [-0.25, -0.2) is 4.39 Å². The summed E-state index contributed by atoms with van der Waals surface area (Å²) in [6.45, 7) is 1.98. The van der Waals surface area contributed by atoms with Gasteiger partial charge in [0.25, 0.3) is 0 Å². The number of aromatic nitrogens is 1. The second kappa shape index (κ2) is 6.06. The van der Waals surface area contributed by atoms with Crippen molar-refractivity contribution in [3.05, 3.63) is 63.6 Å². The van der Waals surface area contributed by atoms with E-state index < -0.39 is 0 Å². The van der Waals surface area contributed by atoms with Crippen LogP contribution in [-0.4, -0.2) is 10.8 Å². The van der Waals surface area contributed by atoms with Gasteiger partial charge in [0.2, 0.25) is 0 Å². The number of pyridine rings is 1. The van der Waals surface area contributed by atoms with Gasteiger partial charge in [0.15, 0.2) is 5.78 Å². The van der Waals surface area contributed by atoms with Crippen molar-refractivity contribution in [1.82, 2.24) is 4.98 Å². The van der Waals surface area contributed by atoms with Crippen LogP contribution in [0.4, 0.5) is 4.39 Å². The van der Waals surface area contributed by atoms with Crippen molar-refractivity contribution >= 4 is 21.7 Å². The highest BCUT2D eigenvalue weighted by Crippen LogP contribution is 2.20. The molecule has 0 amide bonds. The van der Waals surface area contributed by atoms with Crippen molar-refractivity contribution in [3.63, 3.8) is 0 Å². The summed E-state index contributed by atoms with van der Waals surface area (Å²) in [7, 11) is 0. The van der Waals surface area contributed by atoms with E-state index in [-0.39, 0.29) is 18.0 Å². The predicted octanol–water partition coefficient (Wildman–Crippen LogP) is 3.97. The van der Waals surface area contributed by atoms with Crippen molar-refractivity contribution < 1.29 is 9.18 Å². The van der Waals surface area contributed by atoms with E-state index in [4.69, 9.17) is 0 Å². The predicted molar refractivity (Wildman–Crippen MR) is 75.7 cm³/mol. The highest BCUT2D eigenvalue weighted by molar-refractivity contribution is 9.10. The summed E-state index contributed by atoms with van der Waals surface area (Å²) in [5, 5.41) is 0. The van der Waals surface area contributed by atoms with Gasteiger partial charge in [-0.1, -0.05) is 28.9 Å². The van der Waals surface area contributed by atoms with Gasteiger partial charge in [-0.3, -0.25) is 9.78 Å². The lowest BCUT2D eigenvalue weighted by Crippen LogP contribution is -2.09. The summed E-state index contributed by atoms with van der Waals surface area (Å²) in [6, 6.07) is 8.04. The molecular formula is C15H13BrFNO. The molecule has 0 bridgehead atoms. The molecule has 0 atom stereocenters. The number of rotatable bonds is 4. The van der Waals surface area contributed by atoms with E-state index in [0.29, 0.717) is 11.3 Å². The Morgan fingerprint density at radius 3 is 2.84 bits per heavy atom. The minimum atomic E-state index is -0.345. The molecule has 0 aliphatic heterocycles. The van der Waals surface area contributed by atoms with E-state index in [2.05, 4.69) is 20.9 Å². The Morgan fingerprint density at radius 1 is 1.32 bits per heavy atom. The molecule has 0 saturated carbocycles. The molecule has 0 aliphatic rings. The lowest BCUT2D eigenvalue weighted by atomic mass is 10.0. The Kier molecular flexibility index (Phi) is 4.43. The van der Waals surface area contributed by atoms with Crippen molar-refractivity contribution in [2.75, 3.05) is 0 Å². The molecule has 4 heteroatoms. The fourth-order valence-electron chi connectivity index (χ4n) is 1.91. The topological polar surface area (TPSA) is 30.0 Å². The number of hydrogen-bond acceptors (Lipinski definition) is 2. The van der Waals surface area contributed by atoms with Crippen molar-refractivity contribution in [3.8, 4) is 0 Å². The Hall–Kier alpha value is -1.55. The Labute approximate surface area is 119 Å². The number of ketones is 1. The van der Waals surface area contributed by atoms with E-state index in [0.717, 1.165) is 16.5 Å². The molecular weight excluding hydrogens is 309 g/mol. The van der Waals surface area contributed by atoms with Crippen LogP contribution in [0.5, 0.6) is 0 Å². The second-order valence-corrected chi connectivity index (χ2v) is 5.05. The molecule has 0 aliphatic carbocycles. The summed E-state index contributed by atoms with van der Waals surface area (Å²) >= 11 is 3.33. The maximum atomic E-state index is 13.2. The lowest BCUT2D eigenvalue weighted by molar-refractivity contribution is 0.0987. The summed E-state index contributed by atoms with van der Waals surface area (Å²) in [4.78, 5) is 16.4. The minimum absolute atomic E-state index is 0.0937. The van der Waals surface area contributed by atoms with Crippen LogP contribution in [0.25, 0.3) is 0 Å². The molecule has 2 nitrogen and oxygen atoms in total. The molecule has 0 N–H and O–H groups in total. The average molecular weight is 322 g/mol. The molecule has 2 rings (SSSR count). The zero-order valence-corrected chi connectivity index (χ0v) is 12.1. The third-order valence-corrected chi connectivity index (χ3v) is 3.67. The zero-order valence-electron chi connectivity index (χ0n) is 10.5. The highest BCUT2D eigenvalue weighted by Gasteiger charge is 2.14. The van der Waals surface area contributed by atoms with Gasteiger partial charge in [-0.05, 0) is 41.8 Å². The molecule has 1 aromatic heterocycles. The average Bonchev–Trinajstić information content (AvgIpc) is 2.42. The van der Waals surface area contributed by atoms with Gasteiger partial charge in [-0.15, -0.1) is 0 Å². The molecule has 0 saturated heterocycles. The Morgan fingerprint density at radius 2 is 2.11 bits per heavy atom. The molecule has 2 aromatic rings. The van der Waals surface area contributed by atoms with E-state index in [1.165, 1.54) is 12.1 Å². The first-order chi connectivity index (χ1) is 9.11. The molecule has 0 unspecified atom stereocenters. The molecule has 0 fully saturated rings. The molecule has 98 valence electrons. The number of Topliss-reactive ketones (excluding diaryl/α,β-unsaturated/α-hetero) is 1. The van der Waals surface area contributed by atoms with Crippen LogP contribution in [0, 0.1) is 5.82 Å². The molecule has 1 heterocycles. The SMILES string of the molecule is CCc1cccnc1C(=O)Cc1cc(F)ccc1Br. The quantitative estimate of drug-likeness (QED) is 0.797. The van der Waals surface area contributed by atoms with Crippen molar-refractivity contribution in [2.24, 2.45) is 0 Å². The molecule has 1 aromatic carbocycles. The van der Waals surface area contributed by atoms with Gasteiger partial charge in [0, 0.05) is 17.1 Å². The van der Waals surface area contributed by atoms with Gasteiger partial charge in [0.1, 0.15) is 11.5 Å². The standard InChI is InChI=1S/C15H13BrFNO/c1-2-10-4-3-7-18-15(10)14(19)9-11-8-12(17)5-6-13(11)16/h3-8H,2,9H2,1H3. The van der Waals surface area contributed by atoms with Crippen molar-refractivity contribution in [1.29, 1.82) is 0 Å². The maximum absolute atomic E-state index is 13.2. The number of aryl methyl sites for hydroxylation is 1. The zero-order chi connectivity index (χ0) is 13.8. The third-order valence-electron chi connectivity index (χ3n) is 2.90. The van der Waals surface area contributed by atoms with Gasteiger partial charge in [-0.2, -0.15) is 0 Å². The number of hydrogen-bond donors (Lipinski definition) is 0. The highest BCUT2D eigenvalue weighted by atomic mass is 79.9. The summed E-state index contributed by atoms with van der Waals surface area (Å²) in [5.41, 5.74) is 2.03. The normalized spacial score (nSPS) is 10.5. The van der Waals surface area contributed by atoms with Crippen LogP contribution < -0.4 is 0 Å². The van der Waals surface area contributed by atoms with Gasteiger partial charge < -0.3 is 0 Å². The summed E-state index contributed by atoms with van der Waals surface area (Å²) in [6.07, 6.45) is 2.49. The van der Waals surface area contributed by atoms with Gasteiger partial charge in [0.05, 0.1) is 0 Å². The lowest BCUT2D eigenvalue weighted by Gasteiger charge is -2.07. The third kappa shape index (κ3) is 3.26. The van der Waals surface area contributed by atoms with Crippen molar-refractivity contribution in [2.45, 2.75) is 19.8 Å². The first-order valence-electron chi connectivity index (χ1n) is 6.03. The smallest absolute Gasteiger partial charge is 0.185 e. The van der Waals surface area contributed by atoms with Crippen LogP contribution >= 0.6 is 15.9 Å². The first kappa shape index (κ1) is 13.9. The minimum Gasteiger partial charge on any atom is -0.292 e.